The molecule has 1 aromatic rings. The van der Waals surface area contributed by atoms with Gasteiger partial charge in [-0.15, -0.1) is 0 Å². The van der Waals surface area contributed by atoms with Crippen molar-refractivity contribution in [1.82, 2.24) is 0 Å². The molecule has 0 heterocycles. The Morgan fingerprint density at radius 2 is 1.88 bits per heavy atom. The number of carbonyl (C=O) groups is 2. The molecular formula is C14H19NO2. The van der Waals surface area contributed by atoms with Crippen molar-refractivity contribution in [2.45, 2.75) is 33.1 Å². The minimum absolute atomic E-state index is 0.0631. The summed E-state index contributed by atoms with van der Waals surface area (Å²) in [5.41, 5.74) is 0.736. The first-order valence-electron chi connectivity index (χ1n) is 6.01. The van der Waals surface area contributed by atoms with Crippen molar-refractivity contribution >= 4 is 17.4 Å². The molecule has 3 nitrogen and oxygen atoms in total. The minimum Gasteiger partial charge on any atom is -0.325 e. The fourth-order valence-corrected chi connectivity index (χ4v) is 1.68. The Hall–Kier alpha value is -1.64. The van der Waals surface area contributed by atoms with Crippen molar-refractivity contribution in [2.24, 2.45) is 5.92 Å². The van der Waals surface area contributed by atoms with E-state index in [1.807, 2.05) is 37.3 Å². The van der Waals surface area contributed by atoms with Crippen LogP contribution in [0.25, 0.3) is 0 Å². The zero-order valence-electron chi connectivity index (χ0n) is 10.4. The second kappa shape index (κ2) is 6.84. The number of ketones is 1. The summed E-state index contributed by atoms with van der Waals surface area (Å²) in [6.07, 6.45) is 2.51. The van der Waals surface area contributed by atoms with Crippen LogP contribution in [-0.4, -0.2) is 11.7 Å². The Balaban J connectivity index is 2.62. The first-order valence-corrected chi connectivity index (χ1v) is 6.01. The molecular weight excluding hydrogens is 214 g/mol. The Kier molecular flexibility index (Phi) is 5.40. The molecule has 1 rings (SSSR count). The molecule has 0 fully saturated rings. The standard InChI is InChI=1S/C14H19NO2/c1-3-4-10-13(11(2)16)14(17)15-12-8-6-5-7-9-12/h5-9,13H,3-4,10H2,1-2H3,(H,15,17). The van der Waals surface area contributed by atoms with Gasteiger partial charge in [0.25, 0.3) is 0 Å². The molecule has 0 saturated heterocycles. The molecule has 1 unspecified atom stereocenters. The second-order valence-corrected chi connectivity index (χ2v) is 4.16. The van der Waals surface area contributed by atoms with Crippen molar-refractivity contribution in [2.75, 3.05) is 5.32 Å². The van der Waals surface area contributed by atoms with Gasteiger partial charge in [-0.25, -0.2) is 0 Å². The van der Waals surface area contributed by atoms with Crippen LogP contribution in [0, 0.1) is 5.92 Å². The Morgan fingerprint density at radius 3 is 2.41 bits per heavy atom. The molecule has 1 amide bonds. The van der Waals surface area contributed by atoms with Crippen molar-refractivity contribution in [3.63, 3.8) is 0 Å². The highest BCUT2D eigenvalue weighted by Gasteiger charge is 2.22. The van der Waals surface area contributed by atoms with Crippen LogP contribution in [0.2, 0.25) is 0 Å². The number of hydrogen-bond donors (Lipinski definition) is 1. The maximum atomic E-state index is 11.9. The lowest BCUT2D eigenvalue weighted by molar-refractivity contribution is -0.130. The number of para-hydroxylation sites is 1. The Bertz CT molecular complexity index is 373. The van der Waals surface area contributed by atoms with Crippen LogP contribution in [0.3, 0.4) is 0 Å². The third-order valence-electron chi connectivity index (χ3n) is 2.69. The summed E-state index contributed by atoms with van der Waals surface area (Å²) in [5.74, 6) is -0.779. The van der Waals surface area contributed by atoms with Gasteiger partial charge in [0.1, 0.15) is 5.78 Å². The molecule has 0 radical (unpaired) electrons. The molecule has 0 aliphatic heterocycles. The van der Waals surface area contributed by atoms with Gasteiger partial charge in [0.15, 0.2) is 0 Å². The van der Waals surface area contributed by atoms with Gasteiger partial charge >= 0.3 is 0 Å². The lowest BCUT2D eigenvalue weighted by Gasteiger charge is -2.13. The van der Waals surface area contributed by atoms with Crippen LogP contribution in [-0.2, 0) is 9.59 Å². The first kappa shape index (κ1) is 13.4. The number of rotatable bonds is 6. The Labute approximate surface area is 102 Å². The summed E-state index contributed by atoms with van der Waals surface area (Å²) < 4.78 is 0. The molecule has 0 bridgehead atoms. The van der Waals surface area contributed by atoms with Crippen molar-refractivity contribution in [3.05, 3.63) is 30.3 Å². The largest absolute Gasteiger partial charge is 0.325 e. The van der Waals surface area contributed by atoms with Crippen LogP contribution in [0.15, 0.2) is 30.3 Å². The SMILES string of the molecule is CCCCC(C(C)=O)C(=O)Nc1ccccc1. The van der Waals surface area contributed by atoms with E-state index in [0.29, 0.717) is 6.42 Å². The summed E-state index contributed by atoms with van der Waals surface area (Å²) >= 11 is 0. The van der Waals surface area contributed by atoms with E-state index in [9.17, 15) is 9.59 Å². The zero-order valence-corrected chi connectivity index (χ0v) is 10.4. The molecule has 0 spiro atoms. The number of Topliss-reactive ketones (excluding diaryl/α,β-unsaturated/α-hetero) is 1. The van der Waals surface area contributed by atoms with Crippen LogP contribution >= 0.6 is 0 Å². The van der Waals surface area contributed by atoms with Crippen molar-refractivity contribution in [1.29, 1.82) is 0 Å². The zero-order chi connectivity index (χ0) is 12.7. The van der Waals surface area contributed by atoms with Gasteiger partial charge in [-0.3, -0.25) is 9.59 Å². The third kappa shape index (κ3) is 4.39. The monoisotopic (exact) mass is 233 g/mol. The van der Waals surface area contributed by atoms with E-state index in [4.69, 9.17) is 0 Å². The molecule has 3 heteroatoms. The van der Waals surface area contributed by atoms with Crippen LogP contribution in [0.1, 0.15) is 33.1 Å². The molecule has 1 N–H and O–H groups in total. The van der Waals surface area contributed by atoms with E-state index in [2.05, 4.69) is 5.32 Å². The molecule has 0 saturated carbocycles. The minimum atomic E-state index is -0.518. The highest BCUT2D eigenvalue weighted by atomic mass is 16.2. The number of amides is 1. The fourth-order valence-electron chi connectivity index (χ4n) is 1.68. The summed E-state index contributed by atoms with van der Waals surface area (Å²) in [6.45, 7) is 3.52. The van der Waals surface area contributed by atoms with E-state index in [-0.39, 0.29) is 11.7 Å². The highest BCUT2D eigenvalue weighted by Crippen LogP contribution is 2.14. The maximum Gasteiger partial charge on any atom is 0.234 e. The van der Waals surface area contributed by atoms with Gasteiger partial charge in [0.2, 0.25) is 5.91 Å². The number of anilines is 1. The van der Waals surface area contributed by atoms with Crippen LogP contribution in [0.5, 0.6) is 0 Å². The summed E-state index contributed by atoms with van der Waals surface area (Å²) in [6, 6.07) is 9.22. The number of hydrogen-bond acceptors (Lipinski definition) is 2. The molecule has 1 atom stereocenters. The van der Waals surface area contributed by atoms with E-state index < -0.39 is 5.92 Å². The molecule has 0 aromatic heterocycles. The average Bonchev–Trinajstić information content (AvgIpc) is 2.30. The van der Waals surface area contributed by atoms with Crippen molar-refractivity contribution < 1.29 is 9.59 Å². The molecule has 17 heavy (non-hydrogen) atoms. The van der Waals surface area contributed by atoms with Gasteiger partial charge in [0.05, 0.1) is 5.92 Å². The lowest BCUT2D eigenvalue weighted by atomic mass is 9.97. The summed E-state index contributed by atoms with van der Waals surface area (Å²) in [4.78, 5) is 23.3. The van der Waals surface area contributed by atoms with Gasteiger partial charge in [-0.1, -0.05) is 38.0 Å². The quantitative estimate of drug-likeness (QED) is 0.768. The molecule has 92 valence electrons. The fraction of sp³-hybridized carbons (Fsp3) is 0.429. The third-order valence-corrected chi connectivity index (χ3v) is 2.69. The summed E-state index contributed by atoms with van der Waals surface area (Å²) in [7, 11) is 0. The smallest absolute Gasteiger partial charge is 0.234 e. The van der Waals surface area contributed by atoms with Gasteiger partial charge in [-0.05, 0) is 25.5 Å². The molecule has 1 aromatic carbocycles. The topological polar surface area (TPSA) is 46.2 Å². The predicted molar refractivity (Wildman–Crippen MR) is 68.8 cm³/mol. The number of unbranched alkanes of at least 4 members (excludes halogenated alkanes) is 1. The normalized spacial score (nSPS) is 11.9. The van der Waals surface area contributed by atoms with E-state index in [0.717, 1.165) is 18.5 Å². The Morgan fingerprint density at radius 1 is 1.24 bits per heavy atom. The molecule has 0 aliphatic rings. The number of nitrogens with one attached hydrogen (secondary N) is 1. The van der Waals surface area contributed by atoms with Gasteiger partial charge in [-0.2, -0.15) is 0 Å². The number of benzene rings is 1. The maximum absolute atomic E-state index is 11.9. The molecule has 0 aliphatic carbocycles. The van der Waals surface area contributed by atoms with Crippen LogP contribution in [0.4, 0.5) is 5.69 Å². The highest BCUT2D eigenvalue weighted by molar-refractivity contribution is 6.06. The average molecular weight is 233 g/mol. The van der Waals surface area contributed by atoms with Gasteiger partial charge < -0.3 is 5.32 Å². The summed E-state index contributed by atoms with van der Waals surface area (Å²) in [5, 5.41) is 2.77. The second-order valence-electron chi connectivity index (χ2n) is 4.16. The van der Waals surface area contributed by atoms with E-state index in [1.54, 1.807) is 0 Å². The first-order chi connectivity index (χ1) is 8.15. The van der Waals surface area contributed by atoms with Crippen molar-refractivity contribution in [3.8, 4) is 0 Å². The lowest BCUT2D eigenvalue weighted by Crippen LogP contribution is -2.28. The van der Waals surface area contributed by atoms with Gasteiger partial charge in [0, 0.05) is 5.69 Å². The van der Waals surface area contributed by atoms with Crippen LogP contribution < -0.4 is 5.32 Å². The predicted octanol–water partition coefficient (Wildman–Crippen LogP) is 3.02. The van der Waals surface area contributed by atoms with E-state index >= 15 is 0 Å². The number of carbonyl (C=O) groups excluding carboxylic acids is 2. The van der Waals surface area contributed by atoms with E-state index in [1.165, 1.54) is 6.92 Å².